The highest BCUT2D eigenvalue weighted by atomic mass is 19.4. The molecule has 2 amide bonds. The fourth-order valence-corrected chi connectivity index (χ4v) is 5.81. The Balaban J connectivity index is 1.17. The molecule has 2 aromatic heterocycles. The van der Waals surface area contributed by atoms with Gasteiger partial charge in [0.25, 0.3) is 5.91 Å². The maximum Gasteiger partial charge on any atom is 0.417 e. The number of piperidine rings is 1. The van der Waals surface area contributed by atoms with E-state index in [1.165, 1.54) is 19.2 Å². The zero-order chi connectivity index (χ0) is 26.5. The number of aliphatic hydroxyl groups is 1. The zero-order valence-electron chi connectivity index (χ0n) is 20.0. The fourth-order valence-electron chi connectivity index (χ4n) is 5.81. The molecule has 13 heteroatoms. The van der Waals surface area contributed by atoms with E-state index in [-0.39, 0.29) is 65.4 Å². The van der Waals surface area contributed by atoms with Crippen molar-refractivity contribution in [3.05, 3.63) is 29.8 Å². The van der Waals surface area contributed by atoms with Gasteiger partial charge in [-0.2, -0.15) is 18.3 Å². The van der Waals surface area contributed by atoms with Crippen LogP contribution in [0.5, 0.6) is 5.88 Å². The van der Waals surface area contributed by atoms with Crippen molar-refractivity contribution in [2.45, 2.75) is 62.4 Å². The largest absolute Gasteiger partial charge is 0.481 e. The first-order valence-electron chi connectivity index (χ1n) is 12.1. The lowest BCUT2D eigenvalue weighted by molar-refractivity contribution is -0.270. The molecule has 0 radical (unpaired) electrons. The van der Waals surface area contributed by atoms with E-state index in [0.717, 1.165) is 6.20 Å². The molecule has 3 atom stereocenters. The molecule has 37 heavy (non-hydrogen) atoms. The molecule has 2 saturated carbocycles. The summed E-state index contributed by atoms with van der Waals surface area (Å²) in [6.07, 6.45) is -3.33. The number of aromatic nitrogens is 3. The number of alkyl halides is 3. The van der Waals surface area contributed by atoms with Crippen LogP contribution in [0.1, 0.15) is 49.0 Å². The van der Waals surface area contributed by atoms with Gasteiger partial charge in [-0.15, -0.1) is 0 Å². The smallest absolute Gasteiger partial charge is 0.417 e. The molecule has 3 aliphatic rings. The first-order valence-corrected chi connectivity index (χ1v) is 12.1. The summed E-state index contributed by atoms with van der Waals surface area (Å²) in [5.41, 5.74) is -2.13. The summed E-state index contributed by atoms with van der Waals surface area (Å²) in [6.45, 7) is 0.367. The normalized spacial score (nSPS) is 29.4. The first kappa shape index (κ1) is 25.4. The second kappa shape index (κ2) is 9.26. The van der Waals surface area contributed by atoms with Gasteiger partial charge in [0.15, 0.2) is 11.4 Å². The number of fused-ring (bicyclic) bond motifs is 2. The molecular weight excluding hydrogens is 498 g/mol. The van der Waals surface area contributed by atoms with E-state index < -0.39 is 36.5 Å². The van der Waals surface area contributed by atoms with Gasteiger partial charge in [0.05, 0.1) is 19.0 Å². The van der Waals surface area contributed by atoms with Crippen LogP contribution in [0.15, 0.2) is 18.3 Å². The van der Waals surface area contributed by atoms with Crippen molar-refractivity contribution in [1.82, 2.24) is 25.4 Å². The number of nitrogens with one attached hydrogen (secondary N) is 2. The lowest BCUT2D eigenvalue weighted by Gasteiger charge is -2.38. The minimum absolute atomic E-state index is 0.0548. The van der Waals surface area contributed by atoms with Gasteiger partial charge in [-0.3, -0.25) is 14.7 Å². The summed E-state index contributed by atoms with van der Waals surface area (Å²) in [4.78, 5) is 31.5. The number of likely N-dealkylation sites (tertiary alicyclic amines) is 1. The molecule has 3 fully saturated rings. The number of halogens is 4. The molecule has 0 spiro atoms. The summed E-state index contributed by atoms with van der Waals surface area (Å²) >= 11 is 0. The molecular formula is C24H27F4N5O4. The third kappa shape index (κ3) is 4.64. The number of carbonyl (C=O) groups is 2. The second-order valence-electron chi connectivity index (χ2n) is 10.1. The molecule has 9 nitrogen and oxygen atoms in total. The van der Waals surface area contributed by atoms with Gasteiger partial charge in [0.2, 0.25) is 11.8 Å². The van der Waals surface area contributed by atoms with Crippen molar-refractivity contribution in [2.24, 2.45) is 11.8 Å². The Kier molecular flexibility index (Phi) is 6.37. The van der Waals surface area contributed by atoms with Crippen LogP contribution in [-0.4, -0.2) is 74.5 Å². The van der Waals surface area contributed by atoms with Crippen LogP contribution in [0.3, 0.4) is 0 Å². The predicted octanol–water partition coefficient (Wildman–Crippen LogP) is 2.82. The predicted molar refractivity (Wildman–Crippen MR) is 121 cm³/mol. The number of pyridine rings is 1. The lowest BCUT2D eigenvalue weighted by atomic mass is 9.81. The molecule has 0 aromatic carbocycles. The zero-order valence-corrected chi connectivity index (χ0v) is 20.0. The van der Waals surface area contributed by atoms with Crippen molar-refractivity contribution >= 4 is 11.8 Å². The number of H-pyrrole nitrogens is 1. The van der Waals surface area contributed by atoms with E-state index in [0.29, 0.717) is 19.4 Å². The van der Waals surface area contributed by atoms with Crippen LogP contribution in [0.25, 0.3) is 11.3 Å². The van der Waals surface area contributed by atoms with Gasteiger partial charge < -0.3 is 20.1 Å². The number of ether oxygens (including phenoxy) is 1. The van der Waals surface area contributed by atoms with Crippen LogP contribution >= 0.6 is 0 Å². The van der Waals surface area contributed by atoms with Gasteiger partial charge in [0, 0.05) is 36.2 Å². The maximum absolute atomic E-state index is 14.2. The quantitative estimate of drug-likeness (QED) is 0.517. The average Bonchev–Trinajstić information content (AvgIpc) is 3.61. The summed E-state index contributed by atoms with van der Waals surface area (Å²) < 4.78 is 58.3. The molecule has 3 heterocycles. The molecule has 2 bridgehead atoms. The Bertz CT molecular complexity index is 1190. The van der Waals surface area contributed by atoms with E-state index in [9.17, 15) is 32.3 Å². The van der Waals surface area contributed by atoms with Gasteiger partial charge in [-0.05, 0) is 50.5 Å². The Labute approximate surface area is 209 Å². The highest BCUT2D eigenvalue weighted by Crippen LogP contribution is 2.44. The first-order chi connectivity index (χ1) is 17.5. The summed E-state index contributed by atoms with van der Waals surface area (Å²) in [5.74, 6) is -1.31. The number of hydrogen-bond acceptors (Lipinski definition) is 6. The van der Waals surface area contributed by atoms with Crippen molar-refractivity contribution < 1.29 is 37.0 Å². The van der Waals surface area contributed by atoms with Crippen molar-refractivity contribution in [3.63, 3.8) is 0 Å². The highest BCUT2D eigenvalue weighted by molar-refractivity contribution is 5.94. The van der Waals surface area contributed by atoms with Gasteiger partial charge >= 0.3 is 6.18 Å². The number of aromatic amines is 1. The summed E-state index contributed by atoms with van der Waals surface area (Å²) in [6, 6.07) is 2.28. The third-order valence-corrected chi connectivity index (χ3v) is 7.95. The monoisotopic (exact) mass is 525 g/mol. The minimum atomic E-state index is -4.68. The van der Waals surface area contributed by atoms with E-state index in [4.69, 9.17) is 4.74 Å². The van der Waals surface area contributed by atoms with Crippen LogP contribution in [0.4, 0.5) is 17.6 Å². The Morgan fingerprint density at radius 3 is 2.59 bits per heavy atom. The van der Waals surface area contributed by atoms with E-state index in [1.807, 2.05) is 0 Å². The summed E-state index contributed by atoms with van der Waals surface area (Å²) in [7, 11) is 1.40. The van der Waals surface area contributed by atoms with E-state index >= 15 is 0 Å². The molecule has 1 saturated heterocycles. The molecule has 0 unspecified atom stereocenters. The van der Waals surface area contributed by atoms with Gasteiger partial charge in [0.1, 0.15) is 5.69 Å². The van der Waals surface area contributed by atoms with E-state index in [2.05, 4.69) is 20.5 Å². The number of nitrogens with zero attached hydrogens (tertiary/aromatic N) is 3. The molecule has 5 rings (SSSR count). The fraction of sp³-hybridized carbons (Fsp3) is 0.583. The van der Waals surface area contributed by atoms with Gasteiger partial charge in [-0.25, -0.2) is 9.37 Å². The van der Waals surface area contributed by atoms with Crippen LogP contribution in [0.2, 0.25) is 0 Å². The van der Waals surface area contributed by atoms with Crippen molar-refractivity contribution in [1.29, 1.82) is 0 Å². The maximum atomic E-state index is 14.2. The van der Waals surface area contributed by atoms with Crippen LogP contribution in [-0.2, 0) is 4.79 Å². The molecule has 2 aromatic rings. The SMILES string of the molecule is COc1cc(-c2cc(C(=O)N3C[C@@H]4C[C@H]3C[C@H]4C(=O)NC3CCC(O)(C(F)(F)F)CC3)[nH]n2)c(F)cn1. The van der Waals surface area contributed by atoms with Crippen LogP contribution in [0, 0.1) is 17.7 Å². The Morgan fingerprint density at radius 2 is 1.97 bits per heavy atom. The van der Waals surface area contributed by atoms with Crippen molar-refractivity contribution in [3.8, 4) is 17.1 Å². The highest BCUT2D eigenvalue weighted by Gasteiger charge is 2.55. The van der Waals surface area contributed by atoms with Crippen LogP contribution < -0.4 is 10.1 Å². The number of hydrogen-bond donors (Lipinski definition) is 3. The van der Waals surface area contributed by atoms with E-state index in [1.54, 1.807) is 4.90 Å². The number of amides is 2. The number of methoxy groups -OCH3 is 1. The lowest BCUT2D eigenvalue weighted by Crippen LogP contribution is -2.52. The molecule has 200 valence electrons. The minimum Gasteiger partial charge on any atom is -0.481 e. The number of carbonyl (C=O) groups excluding carboxylic acids is 2. The number of rotatable bonds is 5. The Hall–Kier alpha value is -3.22. The van der Waals surface area contributed by atoms with Crippen molar-refractivity contribution in [2.75, 3.05) is 13.7 Å². The third-order valence-electron chi connectivity index (χ3n) is 7.95. The molecule has 3 N–H and O–H groups in total. The average molecular weight is 526 g/mol. The Morgan fingerprint density at radius 1 is 1.24 bits per heavy atom. The molecule has 2 aliphatic carbocycles. The summed E-state index contributed by atoms with van der Waals surface area (Å²) in [5, 5.41) is 19.4. The molecule has 1 aliphatic heterocycles. The topological polar surface area (TPSA) is 120 Å². The standard InChI is InChI=1S/C24H27F4N5O4/c1-37-20-8-16(17(25)10-29-20)18-9-19(32-31-18)22(35)33-11-12-6-14(33)7-15(12)21(34)30-13-2-4-23(36,5-3-13)24(26,27)28/h8-10,12-15,36H,2-7,11H2,1H3,(H,30,34)(H,31,32)/t12-,13?,14-,15+,23?/m0/s1. The second-order valence-corrected chi connectivity index (χ2v) is 10.1. The van der Waals surface area contributed by atoms with Gasteiger partial charge in [-0.1, -0.05) is 0 Å².